The maximum absolute atomic E-state index is 13.6. The summed E-state index contributed by atoms with van der Waals surface area (Å²) in [4.78, 5) is 11.9. The van der Waals surface area contributed by atoms with Gasteiger partial charge < -0.3 is 4.90 Å². The van der Waals surface area contributed by atoms with Crippen molar-refractivity contribution in [2.45, 2.75) is 4.90 Å². The van der Waals surface area contributed by atoms with Crippen molar-refractivity contribution >= 4 is 49.0 Å². The van der Waals surface area contributed by atoms with E-state index in [1.165, 1.54) is 28.8 Å². The number of hydrogen-bond donors (Lipinski definition) is 0. The van der Waals surface area contributed by atoms with Crippen LogP contribution in [0.3, 0.4) is 0 Å². The van der Waals surface area contributed by atoms with Gasteiger partial charge in [-0.2, -0.15) is 4.31 Å². The van der Waals surface area contributed by atoms with E-state index in [4.69, 9.17) is 11.6 Å². The topological polar surface area (TPSA) is 66.4 Å². The Labute approximate surface area is 194 Å². The summed E-state index contributed by atoms with van der Waals surface area (Å²) in [7, 11) is -3.75. The summed E-state index contributed by atoms with van der Waals surface area (Å²) in [6.07, 6.45) is 1.54. The number of halogens is 2. The fourth-order valence-corrected chi connectivity index (χ4v) is 6.35. The first-order chi connectivity index (χ1) is 15.4. The molecule has 164 valence electrons. The third-order valence-corrected chi connectivity index (χ3v) is 8.51. The second-order valence-corrected chi connectivity index (χ2v) is 10.6. The second-order valence-electron chi connectivity index (χ2n) is 7.38. The third-order valence-electron chi connectivity index (χ3n) is 5.48. The molecule has 0 atom stereocenters. The number of aromatic nitrogens is 2. The maximum atomic E-state index is 13.6. The lowest BCUT2D eigenvalue weighted by Crippen LogP contribution is -2.49. The zero-order valence-electron chi connectivity index (χ0n) is 16.8. The van der Waals surface area contributed by atoms with Crippen molar-refractivity contribution in [2.75, 3.05) is 31.1 Å². The van der Waals surface area contributed by atoms with Gasteiger partial charge in [0, 0.05) is 42.1 Å². The molecule has 1 saturated heterocycles. The summed E-state index contributed by atoms with van der Waals surface area (Å²) < 4.78 is 40.8. The smallest absolute Gasteiger partial charge is 0.243 e. The number of anilines is 1. The van der Waals surface area contributed by atoms with E-state index in [1.807, 2.05) is 24.3 Å². The average Bonchev–Trinajstić information content (AvgIpc) is 3.24. The van der Waals surface area contributed by atoms with Gasteiger partial charge in [0.1, 0.15) is 22.8 Å². The molecule has 5 rings (SSSR count). The monoisotopic (exact) mass is 488 g/mol. The second kappa shape index (κ2) is 8.40. The molecule has 32 heavy (non-hydrogen) atoms. The standard InChI is InChI=1S/C22H18ClFN4O2S2/c23-16-6-4-15(5-7-16)19-13-31-22-20(19)21(25-14-26-22)27-8-10-28(11-9-27)32(29,30)18-3-1-2-17(24)12-18/h1-7,12-14H,8-11H2. The van der Waals surface area contributed by atoms with Crippen molar-refractivity contribution in [3.8, 4) is 11.1 Å². The summed E-state index contributed by atoms with van der Waals surface area (Å²) >= 11 is 7.58. The van der Waals surface area contributed by atoms with Gasteiger partial charge in [-0.25, -0.2) is 22.8 Å². The zero-order chi connectivity index (χ0) is 22.3. The molecule has 0 radical (unpaired) electrons. The van der Waals surface area contributed by atoms with E-state index >= 15 is 0 Å². The molecule has 0 N–H and O–H groups in total. The maximum Gasteiger partial charge on any atom is 0.243 e. The highest BCUT2D eigenvalue weighted by molar-refractivity contribution is 7.89. The summed E-state index contributed by atoms with van der Waals surface area (Å²) in [5.41, 5.74) is 2.04. The van der Waals surface area contributed by atoms with Crippen LogP contribution in [0.1, 0.15) is 0 Å². The first-order valence-corrected chi connectivity index (χ1v) is 12.6. The van der Waals surface area contributed by atoms with Gasteiger partial charge in [0.05, 0.1) is 10.3 Å². The van der Waals surface area contributed by atoms with Crippen LogP contribution in [0.25, 0.3) is 21.3 Å². The first-order valence-electron chi connectivity index (χ1n) is 9.92. The van der Waals surface area contributed by atoms with Crippen LogP contribution >= 0.6 is 22.9 Å². The Hall–Kier alpha value is -2.59. The van der Waals surface area contributed by atoms with Crippen LogP contribution in [0.4, 0.5) is 10.2 Å². The number of sulfonamides is 1. The Morgan fingerprint density at radius 1 is 1.00 bits per heavy atom. The van der Waals surface area contributed by atoms with Crippen molar-refractivity contribution in [2.24, 2.45) is 0 Å². The van der Waals surface area contributed by atoms with Crippen LogP contribution in [0.15, 0.2) is 65.1 Å². The highest BCUT2D eigenvalue weighted by Gasteiger charge is 2.30. The van der Waals surface area contributed by atoms with E-state index < -0.39 is 15.8 Å². The van der Waals surface area contributed by atoms with Crippen LogP contribution < -0.4 is 4.90 Å². The van der Waals surface area contributed by atoms with Gasteiger partial charge in [-0.05, 0) is 35.9 Å². The number of thiophene rings is 1. The van der Waals surface area contributed by atoms with E-state index in [9.17, 15) is 12.8 Å². The number of piperazine rings is 1. The molecule has 2 aromatic carbocycles. The van der Waals surface area contributed by atoms with Crippen LogP contribution in [0, 0.1) is 5.82 Å². The Bertz CT molecular complexity index is 1380. The molecule has 0 amide bonds. The molecule has 6 nitrogen and oxygen atoms in total. The molecular weight excluding hydrogens is 471 g/mol. The number of rotatable bonds is 4. The predicted octanol–water partition coefficient (Wildman–Crippen LogP) is 4.66. The molecule has 1 aliphatic heterocycles. The van der Waals surface area contributed by atoms with Gasteiger partial charge in [-0.3, -0.25) is 0 Å². The van der Waals surface area contributed by atoms with Crippen molar-refractivity contribution in [1.29, 1.82) is 0 Å². The van der Waals surface area contributed by atoms with Gasteiger partial charge in [-0.1, -0.05) is 29.8 Å². The molecule has 10 heteroatoms. The minimum absolute atomic E-state index is 0.0294. The Kier molecular flexibility index (Phi) is 5.58. The summed E-state index contributed by atoms with van der Waals surface area (Å²) in [6, 6.07) is 12.7. The van der Waals surface area contributed by atoms with Crippen molar-refractivity contribution in [3.05, 3.63) is 71.1 Å². The quantitative estimate of drug-likeness (QED) is 0.418. The minimum atomic E-state index is -3.75. The van der Waals surface area contributed by atoms with Crippen LogP contribution in [-0.4, -0.2) is 48.9 Å². The van der Waals surface area contributed by atoms with E-state index in [-0.39, 0.29) is 18.0 Å². The highest BCUT2D eigenvalue weighted by atomic mass is 35.5. The molecule has 0 aliphatic carbocycles. The number of hydrogen-bond acceptors (Lipinski definition) is 6. The van der Waals surface area contributed by atoms with Crippen molar-refractivity contribution < 1.29 is 12.8 Å². The Morgan fingerprint density at radius 2 is 1.75 bits per heavy atom. The summed E-state index contributed by atoms with van der Waals surface area (Å²) in [6.45, 7) is 1.50. The lowest BCUT2D eigenvalue weighted by molar-refractivity contribution is 0.384. The predicted molar refractivity (Wildman–Crippen MR) is 125 cm³/mol. The molecule has 1 aliphatic rings. The zero-order valence-corrected chi connectivity index (χ0v) is 19.2. The molecule has 0 bridgehead atoms. The fourth-order valence-electron chi connectivity index (χ4n) is 3.86. The largest absolute Gasteiger partial charge is 0.353 e. The average molecular weight is 489 g/mol. The molecule has 3 heterocycles. The van der Waals surface area contributed by atoms with Crippen molar-refractivity contribution in [1.82, 2.24) is 14.3 Å². The van der Waals surface area contributed by atoms with E-state index in [1.54, 1.807) is 11.3 Å². The highest BCUT2D eigenvalue weighted by Crippen LogP contribution is 2.38. The lowest BCUT2D eigenvalue weighted by Gasteiger charge is -2.35. The Morgan fingerprint density at radius 3 is 2.47 bits per heavy atom. The fraction of sp³-hybridized carbons (Fsp3) is 0.182. The van der Waals surface area contributed by atoms with Crippen LogP contribution in [0.2, 0.25) is 5.02 Å². The molecule has 0 spiro atoms. The van der Waals surface area contributed by atoms with Gasteiger partial charge >= 0.3 is 0 Å². The molecule has 4 aromatic rings. The third kappa shape index (κ3) is 3.86. The Balaban J connectivity index is 1.43. The SMILES string of the molecule is O=S(=O)(c1cccc(F)c1)N1CCN(c2ncnc3scc(-c4ccc(Cl)cc4)c23)CC1. The summed E-state index contributed by atoms with van der Waals surface area (Å²) in [5.74, 6) is 0.212. The van der Waals surface area contributed by atoms with Gasteiger partial charge in [0.25, 0.3) is 0 Å². The van der Waals surface area contributed by atoms with E-state index in [0.29, 0.717) is 18.1 Å². The minimum Gasteiger partial charge on any atom is -0.353 e. The van der Waals surface area contributed by atoms with Gasteiger partial charge in [0.2, 0.25) is 10.0 Å². The lowest BCUT2D eigenvalue weighted by atomic mass is 10.1. The molecular formula is C22H18ClFN4O2S2. The molecule has 1 fully saturated rings. The molecule has 0 unspecified atom stereocenters. The molecule has 0 saturated carbocycles. The van der Waals surface area contributed by atoms with Crippen LogP contribution in [0.5, 0.6) is 0 Å². The van der Waals surface area contributed by atoms with E-state index in [0.717, 1.165) is 33.2 Å². The molecule has 2 aromatic heterocycles. The summed E-state index contributed by atoms with van der Waals surface area (Å²) in [5, 5.41) is 3.66. The van der Waals surface area contributed by atoms with Gasteiger partial charge in [0.15, 0.2) is 0 Å². The van der Waals surface area contributed by atoms with Gasteiger partial charge in [-0.15, -0.1) is 11.3 Å². The number of nitrogens with zero attached hydrogens (tertiary/aromatic N) is 4. The first kappa shape index (κ1) is 21.3. The van der Waals surface area contributed by atoms with Crippen LogP contribution in [-0.2, 0) is 10.0 Å². The van der Waals surface area contributed by atoms with E-state index in [2.05, 4.69) is 20.2 Å². The normalized spacial score (nSPS) is 15.4. The van der Waals surface area contributed by atoms with Crippen molar-refractivity contribution in [3.63, 3.8) is 0 Å². The number of fused-ring (bicyclic) bond motifs is 1. The number of benzene rings is 2.